The summed E-state index contributed by atoms with van der Waals surface area (Å²) in [6.45, 7) is 5.27. The average molecular weight is 200 g/mol. The zero-order valence-corrected chi connectivity index (χ0v) is 9.54. The number of nitrogens with zero attached hydrogens (tertiary/aromatic N) is 1. The molecule has 0 spiro atoms. The third-order valence-electron chi connectivity index (χ3n) is 2.82. The predicted octanol–water partition coefficient (Wildman–Crippen LogP) is 1.22. The van der Waals surface area contributed by atoms with Crippen LogP contribution in [0.15, 0.2) is 0 Å². The smallest absolute Gasteiger partial charge is 0.0588 e. The summed E-state index contributed by atoms with van der Waals surface area (Å²) in [4.78, 5) is 2.35. The Morgan fingerprint density at radius 1 is 1.50 bits per heavy atom. The van der Waals surface area contributed by atoms with E-state index in [2.05, 4.69) is 18.9 Å². The van der Waals surface area contributed by atoms with Crippen molar-refractivity contribution in [1.29, 1.82) is 0 Å². The molecule has 3 nitrogen and oxygen atoms in total. The molecule has 1 aliphatic heterocycles. The van der Waals surface area contributed by atoms with Crippen LogP contribution < -0.4 is 5.73 Å². The Morgan fingerprint density at radius 2 is 2.29 bits per heavy atom. The van der Waals surface area contributed by atoms with Gasteiger partial charge in [0.15, 0.2) is 0 Å². The number of rotatable bonds is 6. The molecule has 1 fully saturated rings. The highest BCUT2D eigenvalue weighted by Crippen LogP contribution is 2.15. The molecule has 1 rings (SSSR count). The molecule has 2 atom stereocenters. The van der Waals surface area contributed by atoms with Crippen LogP contribution >= 0.6 is 0 Å². The minimum Gasteiger partial charge on any atom is -0.378 e. The van der Waals surface area contributed by atoms with E-state index in [1.54, 1.807) is 0 Å². The lowest BCUT2D eigenvalue weighted by Gasteiger charge is -2.19. The van der Waals surface area contributed by atoms with Gasteiger partial charge in [-0.15, -0.1) is 0 Å². The minimum atomic E-state index is 0.320. The number of nitrogens with two attached hydrogens (primary N) is 1. The molecule has 0 aliphatic carbocycles. The topological polar surface area (TPSA) is 38.5 Å². The van der Waals surface area contributed by atoms with Crippen LogP contribution in [0.2, 0.25) is 0 Å². The van der Waals surface area contributed by atoms with E-state index in [0.717, 1.165) is 26.1 Å². The van der Waals surface area contributed by atoms with E-state index in [-0.39, 0.29) is 0 Å². The first-order valence-electron chi connectivity index (χ1n) is 5.74. The van der Waals surface area contributed by atoms with E-state index in [0.29, 0.717) is 12.1 Å². The summed E-state index contributed by atoms with van der Waals surface area (Å²) in [7, 11) is 2.16. The summed E-state index contributed by atoms with van der Waals surface area (Å²) < 4.78 is 5.58. The molecule has 1 aliphatic rings. The Labute approximate surface area is 87.6 Å². The quantitative estimate of drug-likeness (QED) is 0.701. The van der Waals surface area contributed by atoms with Crippen LogP contribution in [0.25, 0.3) is 0 Å². The van der Waals surface area contributed by atoms with Crippen LogP contribution in [0.5, 0.6) is 0 Å². The number of ether oxygens (including phenoxy) is 1. The molecule has 2 N–H and O–H groups in total. The Hall–Kier alpha value is -0.120. The van der Waals surface area contributed by atoms with Crippen molar-refractivity contribution in [2.24, 2.45) is 5.73 Å². The third-order valence-corrected chi connectivity index (χ3v) is 2.82. The lowest BCUT2D eigenvalue weighted by Crippen LogP contribution is -2.28. The number of hydrogen-bond acceptors (Lipinski definition) is 3. The second kappa shape index (κ2) is 6.38. The highest BCUT2D eigenvalue weighted by Gasteiger charge is 2.15. The van der Waals surface area contributed by atoms with Crippen molar-refractivity contribution in [3.05, 3.63) is 0 Å². The van der Waals surface area contributed by atoms with E-state index in [4.69, 9.17) is 10.5 Å². The molecular formula is C11H24N2O. The Bertz CT molecular complexity index is 144. The summed E-state index contributed by atoms with van der Waals surface area (Å²) in [5.41, 5.74) is 5.71. The zero-order chi connectivity index (χ0) is 10.4. The van der Waals surface area contributed by atoms with E-state index >= 15 is 0 Å². The molecule has 0 aromatic heterocycles. The van der Waals surface area contributed by atoms with Gasteiger partial charge in [-0.2, -0.15) is 0 Å². The first-order chi connectivity index (χ1) is 6.68. The molecule has 0 aromatic rings. The Balaban J connectivity index is 1.99. The van der Waals surface area contributed by atoms with E-state index in [1.165, 1.54) is 19.3 Å². The van der Waals surface area contributed by atoms with Gasteiger partial charge < -0.3 is 15.4 Å². The molecule has 0 aromatic carbocycles. The van der Waals surface area contributed by atoms with Gasteiger partial charge in [-0.3, -0.25) is 0 Å². The highest BCUT2D eigenvalue weighted by molar-refractivity contribution is 4.67. The summed E-state index contributed by atoms with van der Waals surface area (Å²) in [5.74, 6) is 0. The fraction of sp³-hybridized carbons (Fsp3) is 1.00. The van der Waals surface area contributed by atoms with Crippen molar-refractivity contribution in [2.45, 2.75) is 44.8 Å². The third kappa shape index (κ3) is 4.94. The van der Waals surface area contributed by atoms with Crippen molar-refractivity contribution >= 4 is 0 Å². The molecule has 2 unspecified atom stereocenters. The second-order valence-electron chi connectivity index (χ2n) is 4.49. The fourth-order valence-corrected chi connectivity index (χ4v) is 1.77. The summed E-state index contributed by atoms with van der Waals surface area (Å²) in [6.07, 6.45) is 5.28. The lowest BCUT2D eigenvalue weighted by atomic mass is 10.1. The Morgan fingerprint density at radius 3 is 2.86 bits per heavy atom. The maximum Gasteiger partial charge on any atom is 0.0588 e. The molecule has 1 heterocycles. The summed E-state index contributed by atoms with van der Waals surface area (Å²) >= 11 is 0. The van der Waals surface area contributed by atoms with Crippen molar-refractivity contribution in [1.82, 2.24) is 4.90 Å². The fourth-order valence-electron chi connectivity index (χ4n) is 1.77. The normalized spacial score (nSPS) is 24.4. The summed E-state index contributed by atoms with van der Waals surface area (Å²) in [5, 5.41) is 0. The molecule has 0 radical (unpaired) electrons. The predicted molar refractivity (Wildman–Crippen MR) is 59.4 cm³/mol. The van der Waals surface area contributed by atoms with Gasteiger partial charge in [0.2, 0.25) is 0 Å². The SMILES string of the molecule is CC(N)CCN(C)CCC1CCCO1. The van der Waals surface area contributed by atoms with E-state index in [1.807, 2.05) is 0 Å². The van der Waals surface area contributed by atoms with Gasteiger partial charge in [-0.25, -0.2) is 0 Å². The van der Waals surface area contributed by atoms with E-state index in [9.17, 15) is 0 Å². The zero-order valence-electron chi connectivity index (χ0n) is 9.54. The first kappa shape index (κ1) is 12.0. The second-order valence-corrected chi connectivity index (χ2v) is 4.49. The van der Waals surface area contributed by atoms with Crippen molar-refractivity contribution < 1.29 is 4.74 Å². The van der Waals surface area contributed by atoms with Crippen LogP contribution in [0, 0.1) is 0 Å². The molecule has 0 amide bonds. The first-order valence-corrected chi connectivity index (χ1v) is 5.74. The number of hydrogen-bond donors (Lipinski definition) is 1. The minimum absolute atomic E-state index is 0.320. The largest absolute Gasteiger partial charge is 0.378 e. The van der Waals surface area contributed by atoms with Gasteiger partial charge in [-0.1, -0.05) is 0 Å². The molecule has 0 saturated carbocycles. The molecule has 84 valence electrons. The standard InChI is InChI=1S/C11H24N2O/c1-10(12)5-7-13(2)8-6-11-4-3-9-14-11/h10-11H,3-9,12H2,1-2H3. The lowest BCUT2D eigenvalue weighted by molar-refractivity contribution is 0.0948. The van der Waals surface area contributed by atoms with Crippen molar-refractivity contribution in [2.75, 3.05) is 26.7 Å². The molecule has 0 bridgehead atoms. The van der Waals surface area contributed by atoms with Crippen LogP contribution in [0.3, 0.4) is 0 Å². The van der Waals surface area contributed by atoms with Crippen LogP contribution in [0.4, 0.5) is 0 Å². The monoisotopic (exact) mass is 200 g/mol. The van der Waals surface area contributed by atoms with Gasteiger partial charge in [0.25, 0.3) is 0 Å². The van der Waals surface area contributed by atoms with Crippen molar-refractivity contribution in [3.8, 4) is 0 Å². The molecule has 3 heteroatoms. The molecule has 1 saturated heterocycles. The summed E-state index contributed by atoms with van der Waals surface area (Å²) in [6, 6.07) is 0.320. The van der Waals surface area contributed by atoms with Gasteiger partial charge in [0.1, 0.15) is 0 Å². The maximum atomic E-state index is 5.71. The van der Waals surface area contributed by atoms with Gasteiger partial charge in [0, 0.05) is 19.2 Å². The molecular weight excluding hydrogens is 176 g/mol. The highest BCUT2D eigenvalue weighted by atomic mass is 16.5. The van der Waals surface area contributed by atoms with Gasteiger partial charge >= 0.3 is 0 Å². The average Bonchev–Trinajstić information content (AvgIpc) is 2.63. The van der Waals surface area contributed by atoms with Crippen LogP contribution in [-0.2, 0) is 4.74 Å². The van der Waals surface area contributed by atoms with Gasteiger partial charge in [0.05, 0.1) is 6.10 Å². The van der Waals surface area contributed by atoms with E-state index < -0.39 is 0 Å². The van der Waals surface area contributed by atoms with Gasteiger partial charge in [-0.05, 0) is 46.2 Å². The molecule has 14 heavy (non-hydrogen) atoms. The Kier molecular flexibility index (Phi) is 5.45. The van der Waals surface area contributed by atoms with Crippen molar-refractivity contribution in [3.63, 3.8) is 0 Å². The maximum absolute atomic E-state index is 5.71. The van der Waals surface area contributed by atoms with Crippen LogP contribution in [0.1, 0.15) is 32.6 Å². The van der Waals surface area contributed by atoms with Crippen LogP contribution in [-0.4, -0.2) is 43.8 Å².